The number of phenolic OH excluding ortho intramolecular Hbond substituents is 1. The smallest absolute Gasteiger partial charge is 0.300 e. The molecule has 23 heavy (non-hydrogen) atoms. The number of hydrogen-bond donors (Lipinski definition) is 3. The second-order valence-corrected chi connectivity index (χ2v) is 6.25. The Balaban J connectivity index is 2.37. The highest BCUT2D eigenvalue weighted by molar-refractivity contribution is 7.86. The summed E-state index contributed by atoms with van der Waals surface area (Å²) in [5.74, 6) is -0.474. The van der Waals surface area contributed by atoms with Crippen molar-refractivity contribution >= 4 is 44.0 Å². The Bertz CT molecular complexity index is 996. The third-order valence-corrected chi connectivity index (χ3v) is 4.40. The van der Waals surface area contributed by atoms with Crippen LogP contribution in [0.25, 0.3) is 10.8 Å². The summed E-state index contributed by atoms with van der Waals surface area (Å²) in [5, 5.41) is 24.1. The molecule has 118 valence electrons. The van der Waals surface area contributed by atoms with Crippen molar-refractivity contribution in [1.82, 2.24) is 15.4 Å². The maximum absolute atomic E-state index is 11.7. The monoisotopic (exact) mass is 352 g/mol. The highest BCUT2D eigenvalue weighted by Gasteiger charge is 2.27. The van der Waals surface area contributed by atoms with Crippen molar-refractivity contribution in [3.63, 3.8) is 0 Å². The van der Waals surface area contributed by atoms with Crippen LogP contribution in [0.3, 0.4) is 0 Å². The number of benzene rings is 2. The number of hydrogen-bond acceptors (Lipinski definition) is 7. The summed E-state index contributed by atoms with van der Waals surface area (Å²) in [4.78, 5) is -0.736. The van der Waals surface area contributed by atoms with E-state index in [2.05, 4.69) is 20.7 Å². The van der Waals surface area contributed by atoms with E-state index in [1.165, 1.54) is 18.3 Å². The molecule has 1 heterocycles. The molecule has 0 unspecified atom stereocenters. The molecule has 0 aliphatic carbocycles. The fraction of sp³-hybridized carbons (Fsp3) is 0. The van der Waals surface area contributed by atoms with Gasteiger partial charge in [-0.2, -0.15) is 8.42 Å². The molecule has 3 aromatic rings. The first-order valence-corrected chi connectivity index (χ1v) is 8.03. The second-order valence-electron chi connectivity index (χ2n) is 4.52. The van der Waals surface area contributed by atoms with Gasteiger partial charge in [-0.05, 0) is 5.21 Å². The number of anilines is 2. The topological polar surface area (TPSA) is 125 Å². The number of rotatable bonds is 3. The highest BCUT2D eigenvalue weighted by atomic mass is 35.5. The van der Waals surface area contributed by atoms with E-state index < -0.39 is 20.8 Å². The minimum Gasteiger partial charge on any atom is -0.506 e. The van der Waals surface area contributed by atoms with E-state index in [0.717, 1.165) is 0 Å². The molecule has 0 saturated heterocycles. The fourth-order valence-corrected chi connectivity index (χ4v) is 3.28. The average Bonchev–Trinajstić information content (AvgIpc) is 2.52. The van der Waals surface area contributed by atoms with Gasteiger partial charge in [0, 0.05) is 16.8 Å². The first-order chi connectivity index (χ1) is 10.9. The molecule has 10 heteroatoms. The molecule has 0 aliphatic rings. The van der Waals surface area contributed by atoms with E-state index in [4.69, 9.17) is 11.6 Å². The Morgan fingerprint density at radius 1 is 1.13 bits per heavy atom. The van der Waals surface area contributed by atoms with Crippen LogP contribution in [0.15, 0.2) is 41.4 Å². The average molecular weight is 353 g/mol. The van der Waals surface area contributed by atoms with Gasteiger partial charge in [-0.1, -0.05) is 35.9 Å². The van der Waals surface area contributed by atoms with Crippen LogP contribution in [0.5, 0.6) is 5.75 Å². The van der Waals surface area contributed by atoms with E-state index in [0.29, 0.717) is 5.39 Å². The molecule has 0 saturated carbocycles. The molecule has 8 nitrogen and oxygen atoms in total. The third kappa shape index (κ3) is 2.77. The van der Waals surface area contributed by atoms with Crippen molar-refractivity contribution in [2.75, 3.05) is 5.32 Å². The van der Waals surface area contributed by atoms with Crippen molar-refractivity contribution in [2.24, 2.45) is 0 Å². The van der Waals surface area contributed by atoms with E-state index in [9.17, 15) is 18.1 Å². The Hall–Kier alpha value is -2.49. The number of fused-ring (bicyclic) bond motifs is 1. The molecule has 0 atom stereocenters. The van der Waals surface area contributed by atoms with Gasteiger partial charge in [0.1, 0.15) is 5.75 Å². The van der Waals surface area contributed by atoms with E-state index >= 15 is 0 Å². The quantitative estimate of drug-likeness (QED) is 0.613. The largest absolute Gasteiger partial charge is 0.506 e. The first kappa shape index (κ1) is 15.4. The lowest BCUT2D eigenvalue weighted by Gasteiger charge is -2.15. The van der Waals surface area contributed by atoms with Crippen molar-refractivity contribution in [3.8, 4) is 5.75 Å². The predicted octanol–water partition coefficient (Wildman–Crippen LogP) is 2.37. The second kappa shape index (κ2) is 5.61. The summed E-state index contributed by atoms with van der Waals surface area (Å²) in [6, 6.07) is 7.80. The maximum Gasteiger partial charge on any atom is 0.300 e. The molecule has 0 radical (unpaired) electrons. The van der Waals surface area contributed by atoms with E-state index in [1.807, 2.05) is 0 Å². The number of aromatic hydroxyl groups is 1. The van der Waals surface area contributed by atoms with Gasteiger partial charge in [-0.25, -0.2) is 0 Å². The zero-order valence-electron chi connectivity index (χ0n) is 11.3. The standard InChI is InChI=1S/C13H9ClN4O4S/c14-10-7-3-1-2-4-8(7)12(19)13(23(20,21)22)11(10)16-9-5-6-15-18-17-9/h1-6,19H,(H,15,16,17)(H,20,21,22). The number of aromatic nitrogens is 3. The van der Waals surface area contributed by atoms with Gasteiger partial charge in [0.2, 0.25) is 0 Å². The Morgan fingerprint density at radius 2 is 1.83 bits per heavy atom. The molecule has 0 aliphatic heterocycles. The van der Waals surface area contributed by atoms with Crippen LogP contribution < -0.4 is 5.32 Å². The van der Waals surface area contributed by atoms with Gasteiger partial charge < -0.3 is 10.4 Å². The van der Waals surface area contributed by atoms with Crippen LogP contribution in [0, 0.1) is 0 Å². The Morgan fingerprint density at radius 3 is 2.43 bits per heavy atom. The molecule has 2 aromatic carbocycles. The van der Waals surface area contributed by atoms with Gasteiger partial charge in [0.25, 0.3) is 10.1 Å². The molecule has 3 rings (SSSR count). The van der Waals surface area contributed by atoms with Gasteiger partial charge >= 0.3 is 0 Å². The molecule has 3 N–H and O–H groups in total. The van der Waals surface area contributed by atoms with Crippen molar-refractivity contribution < 1.29 is 18.1 Å². The number of nitrogens with one attached hydrogen (secondary N) is 1. The zero-order chi connectivity index (χ0) is 16.6. The summed E-state index contributed by atoms with van der Waals surface area (Å²) in [6.07, 6.45) is 1.33. The number of phenols is 1. The molecular formula is C13H9ClN4O4S. The zero-order valence-corrected chi connectivity index (χ0v) is 12.9. The molecule has 0 fully saturated rings. The van der Waals surface area contributed by atoms with Crippen molar-refractivity contribution in [2.45, 2.75) is 4.90 Å². The first-order valence-electron chi connectivity index (χ1n) is 6.21. The Kier molecular flexibility index (Phi) is 3.76. The summed E-state index contributed by atoms with van der Waals surface area (Å²) in [5.41, 5.74) is -0.203. The van der Waals surface area contributed by atoms with E-state index in [1.54, 1.807) is 18.2 Å². The predicted molar refractivity (Wildman–Crippen MR) is 83.5 cm³/mol. The van der Waals surface area contributed by atoms with Crippen LogP contribution in [-0.4, -0.2) is 33.5 Å². The van der Waals surface area contributed by atoms with Gasteiger partial charge in [-0.15, -0.1) is 10.2 Å². The summed E-state index contributed by atoms with van der Waals surface area (Å²) < 4.78 is 32.9. The fourth-order valence-electron chi connectivity index (χ4n) is 2.15. The lowest BCUT2D eigenvalue weighted by atomic mass is 10.1. The number of nitrogens with zero attached hydrogens (tertiary/aromatic N) is 3. The lowest BCUT2D eigenvalue weighted by molar-refractivity contribution is 0.449. The molecule has 0 spiro atoms. The minimum atomic E-state index is -4.76. The number of halogens is 1. The summed E-state index contributed by atoms with van der Waals surface area (Å²) in [7, 11) is -4.76. The van der Waals surface area contributed by atoms with E-state index in [-0.39, 0.29) is 21.9 Å². The van der Waals surface area contributed by atoms with Crippen LogP contribution in [0.1, 0.15) is 0 Å². The maximum atomic E-state index is 11.7. The van der Waals surface area contributed by atoms with Gasteiger partial charge in [0.15, 0.2) is 10.7 Å². The third-order valence-electron chi connectivity index (χ3n) is 3.09. The molecule has 1 aromatic heterocycles. The lowest BCUT2D eigenvalue weighted by Crippen LogP contribution is -2.06. The Labute approximate surface area is 135 Å². The minimum absolute atomic E-state index is 0.00429. The van der Waals surface area contributed by atoms with Gasteiger partial charge in [0.05, 0.1) is 16.9 Å². The van der Waals surface area contributed by atoms with Crippen LogP contribution in [0.4, 0.5) is 11.5 Å². The van der Waals surface area contributed by atoms with Crippen LogP contribution in [-0.2, 0) is 10.1 Å². The van der Waals surface area contributed by atoms with Crippen molar-refractivity contribution in [3.05, 3.63) is 41.6 Å². The van der Waals surface area contributed by atoms with Gasteiger partial charge in [-0.3, -0.25) is 4.55 Å². The SMILES string of the molecule is O=S(=O)(O)c1c(Nc2ccnnn2)c(Cl)c2ccccc2c1O. The van der Waals surface area contributed by atoms with Crippen LogP contribution in [0.2, 0.25) is 5.02 Å². The molecule has 0 bridgehead atoms. The summed E-state index contributed by atoms with van der Waals surface area (Å²) in [6.45, 7) is 0. The van der Waals surface area contributed by atoms with Crippen molar-refractivity contribution in [1.29, 1.82) is 0 Å². The molecule has 0 amide bonds. The molecular weight excluding hydrogens is 344 g/mol. The normalized spacial score (nSPS) is 11.6. The van der Waals surface area contributed by atoms with Crippen LogP contribution >= 0.6 is 11.6 Å². The summed E-state index contributed by atoms with van der Waals surface area (Å²) >= 11 is 6.26. The highest BCUT2D eigenvalue weighted by Crippen LogP contribution is 2.44.